The number of guanidine groups is 1. The first-order valence-corrected chi connectivity index (χ1v) is 10.0. The lowest BCUT2D eigenvalue weighted by Gasteiger charge is -2.20. The number of aryl methyl sites for hydroxylation is 1. The van der Waals surface area contributed by atoms with Crippen LogP contribution < -0.4 is 15.5 Å². The van der Waals surface area contributed by atoms with Gasteiger partial charge in [0, 0.05) is 65.4 Å². The SMILES string of the molecule is CN(C)C(=O)CN=C(NCCCN(C)c1ccccc1)NCCCn1cccn1. The summed E-state index contributed by atoms with van der Waals surface area (Å²) in [6.07, 6.45) is 5.61. The summed E-state index contributed by atoms with van der Waals surface area (Å²) in [6, 6.07) is 12.2. The number of hydrogen-bond acceptors (Lipinski definition) is 4. The zero-order valence-electron chi connectivity index (χ0n) is 17.7. The quantitative estimate of drug-likeness (QED) is 0.340. The fourth-order valence-electron chi connectivity index (χ4n) is 2.68. The average molecular weight is 400 g/mol. The molecule has 0 spiro atoms. The molecule has 0 saturated carbocycles. The maximum absolute atomic E-state index is 11.9. The first kappa shape index (κ1) is 22.3. The lowest BCUT2D eigenvalue weighted by Crippen LogP contribution is -2.40. The number of nitrogens with one attached hydrogen (secondary N) is 2. The summed E-state index contributed by atoms with van der Waals surface area (Å²) in [5.41, 5.74) is 1.20. The third-order valence-corrected chi connectivity index (χ3v) is 4.45. The first-order chi connectivity index (χ1) is 14.1. The monoisotopic (exact) mass is 399 g/mol. The molecule has 1 amide bonds. The third kappa shape index (κ3) is 8.68. The Morgan fingerprint density at radius 2 is 1.79 bits per heavy atom. The Bertz CT molecular complexity index is 729. The van der Waals surface area contributed by atoms with Crippen molar-refractivity contribution in [3.63, 3.8) is 0 Å². The standard InChI is InChI=1S/C21H33N7O/c1-26(2)20(29)18-24-21(23-13-8-16-28-17-9-14-25-28)22-12-7-15-27(3)19-10-5-4-6-11-19/h4-6,9-11,14,17H,7-8,12-13,15-16,18H2,1-3H3,(H2,22,23,24). The van der Waals surface area contributed by atoms with Crippen LogP contribution in [0.4, 0.5) is 5.69 Å². The van der Waals surface area contributed by atoms with E-state index in [0.717, 1.165) is 39.0 Å². The smallest absolute Gasteiger partial charge is 0.243 e. The van der Waals surface area contributed by atoms with Crippen LogP contribution in [0.5, 0.6) is 0 Å². The molecule has 158 valence electrons. The highest BCUT2D eigenvalue weighted by Crippen LogP contribution is 2.10. The van der Waals surface area contributed by atoms with Gasteiger partial charge >= 0.3 is 0 Å². The van der Waals surface area contributed by atoms with Gasteiger partial charge < -0.3 is 20.4 Å². The molecular weight excluding hydrogens is 366 g/mol. The largest absolute Gasteiger partial charge is 0.375 e. The molecule has 0 aliphatic carbocycles. The topological polar surface area (TPSA) is 77.8 Å². The summed E-state index contributed by atoms with van der Waals surface area (Å²) in [7, 11) is 5.57. The van der Waals surface area contributed by atoms with E-state index < -0.39 is 0 Å². The van der Waals surface area contributed by atoms with E-state index >= 15 is 0 Å². The van der Waals surface area contributed by atoms with Crippen LogP contribution >= 0.6 is 0 Å². The number of para-hydroxylation sites is 1. The van der Waals surface area contributed by atoms with E-state index in [1.165, 1.54) is 5.69 Å². The first-order valence-electron chi connectivity index (χ1n) is 10.0. The number of aliphatic imine (C=N–C) groups is 1. The van der Waals surface area contributed by atoms with E-state index in [1.807, 2.05) is 35.1 Å². The van der Waals surface area contributed by atoms with Gasteiger partial charge in [-0.05, 0) is 31.0 Å². The highest BCUT2D eigenvalue weighted by Gasteiger charge is 2.05. The minimum absolute atomic E-state index is 0.0218. The van der Waals surface area contributed by atoms with Crippen LogP contribution in [0.15, 0.2) is 53.8 Å². The van der Waals surface area contributed by atoms with Crippen LogP contribution in [-0.2, 0) is 11.3 Å². The number of benzene rings is 1. The van der Waals surface area contributed by atoms with Gasteiger partial charge in [0.15, 0.2) is 5.96 Å². The average Bonchev–Trinajstić information content (AvgIpc) is 3.25. The molecule has 1 aromatic heterocycles. The van der Waals surface area contributed by atoms with E-state index in [0.29, 0.717) is 5.96 Å². The third-order valence-electron chi connectivity index (χ3n) is 4.45. The Morgan fingerprint density at radius 1 is 1.07 bits per heavy atom. The number of rotatable bonds is 11. The van der Waals surface area contributed by atoms with Crippen molar-refractivity contribution in [2.24, 2.45) is 4.99 Å². The predicted octanol–water partition coefficient (Wildman–Crippen LogP) is 1.42. The molecule has 2 aromatic rings. The normalized spacial score (nSPS) is 11.2. The molecule has 29 heavy (non-hydrogen) atoms. The number of amides is 1. The van der Waals surface area contributed by atoms with Crippen LogP contribution in [0.1, 0.15) is 12.8 Å². The van der Waals surface area contributed by atoms with Crippen molar-refractivity contribution in [3.8, 4) is 0 Å². The van der Waals surface area contributed by atoms with Gasteiger partial charge in [0.25, 0.3) is 0 Å². The van der Waals surface area contributed by atoms with Gasteiger partial charge in [-0.25, -0.2) is 4.99 Å². The molecule has 0 aliphatic heterocycles. The molecule has 2 N–H and O–H groups in total. The molecule has 0 radical (unpaired) electrons. The van der Waals surface area contributed by atoms with Gasteiger partial charge in [-0.15, -0.1) is 0 Å². The van der Waals surface area contributed by atoms with E-state index in [1.54, 1.807) is 25.2 Å². The summed E-state index contributed by atoms with van der Waals surface area (Å²) in [4.78, 5) is 20.1. The fraction of sp³-hybridized carbons (Fsp3) is 0.476. The maximum atomic E-state index is 11.9. The fourth-order valence-corrected chi connectivity index (χ4v) is 2.68. The zero-order chi connectivity index (χ0) is 20.9. The highest BCUT2D eigenvalue weighted by molar-refractivity contribution is 5.84. The van der Waals surface area contributed by atoms with Crippen molar-refractivity contribution in [2.45, 2.75) is 19.4 Å². The summed E-state index contributed by atoms with van der Waals surface area (Å²) in [6.45, 7) is 3.43. The summed E-state index contributed by atoms with van der Waals surface area (Å²) in [5, 5.41) is 10.8. The predicted molar refractivity (Wildman–Crippen MR) is 118 cm³/mol. The lowest BCUT2D eigenvalue weighted by atomic mass is 10.3. The van der Waals surface area contributed by atoms with Crippen molar-refractivity contribution >= 4 is 17.6 Å². The number of hydrogen-bond donors (Lipinski definition) is 2. The molecule has 0 atom stereocenters. The summed E-state index contributed by atoms with van der Waals surface area (Å²) < 4.78 is 1.90. The van der Waals surface area contributed by atoms with Crippen LogP contribution in [0.3, 0.4) is 0 Å². The van der Waals surface area contributed by atoms with E-state index in [9.17, 15) is 4.79 Å². The number of carbonyl (C=O) groups excluding carboxylic acids is 1. The molecule has 0 aliphatic rings. The second-order valence-corrected chi connectivity index (χ2v) is 7.04. The molecule has 0 fully saturated rings. The van der Waals surface area contributed by atoms with Gasteiger partial charge in [-0.1, -0.05) is 18.2 Å². The van der Waals surface area contributed by atoms with Gasteiger partial charge in [0.05, 0.1) is 0 Å². The molecule has 0 unspecified atom stereocenters. The van der Waals surface area contributed by atoms with Gasteiger partial charge in [-0.2, -0.15) is 5.10 Å². The molecule has 0 saturated heterocycles. The summed E-state index contributed by atoms with van der Waals surface area (Å²) in [5.74, 6) is 0.648. The Balaban J connectivity index is 1.75. The molecule has 8 heteroatoms. The van der Waals surface area contributed by atoms with Crippen LogP contribution in [0, 0.1) is 0 Å². The van der Waals surface area contributed by atoms with Crippen LogP contribution in [-0.4, -0.2) is 73.9 Å². The van der Waals surface area contributed by atoms with E-state index in [-0.39, 0.29) is 12.5 Å². The lowest BCUT2D eigenvalue weighted by molar-refractivity contribution is -0.127. The van der Waals surface area contributed by atoms with Crippen molar-refractivity contribution in [2.75, 3.05) is 52.2 Å². The number of anilines is 1. The Morgan fingerprint density at radius 3 is 2.45 bits per heavy atom. The molecule has 2 rings (SSSR count). The van der Waals surface area contributed by atoms with Gasteiger partial charge in [0.1, 0.15) is 6.54 Å². The van der Waals surface area contributed by atoms with Gasteiger partial charge in [-0.3, -0.25) is 9.48 Å². The van der Waals surface area contributed by atoms with Crippen LogP contribution in [0.25, 0.3) is 0 Å². The summed E-state index contributed by atoms with van der Waals surface area (Å²) >= 11 is 0. The molecule has 0 bridgehead atoms. The minimum Gasteiger partial charge on any atom is -0.375 e. The van der Waals surface area contributed by atoms with Crippen molar-refractivity contribution in [1.29, 1.82) is 0 Å². The van der Waals surface area contributed by atoms with Crippen molar-refractivity contribution in [1.82, 2.24) is 25.3 Å². The molecular formula is C21H33N7O. The number of carbonyl (C=O) groups is 1. The molecule has 1 aromatic carbocycles. The maximum Gasteiger partial charge on any atom is 0.243 e. The van der Waals surface area contributed by atoms with Crippen LogP contribution in [0.2, 0.25) is 0 Å². The molecule has 1 heterocycles. The zero-order valence-corrected chi connectivity index (χ0v) is 17.7. The highest BCUT2D eigenvalue weighted by atomic mass is 16.2. The number of likely N-dealkylation sites (N-methyl/N-ethyl adjacent to an activating group) is 1. The van der Waals surface area contributed by atoms with Crippen molar-refractivity contribution < 1.29 is 4.79 Å². The Kier molecular flexibility index (Phi) is 9.54. The second-order valence-electron chi connectivity index (χ2n) is 7.04. The van der Waals surface area contributed by atoms with Crippen molar-refractivity contribution in [3.05, 3.63) is 48.8 Å². The van der Waals surface area contributed by atoms with E-state index in [4.69, 9.17) is 0 Å². The minimum atomic E-state index is -0.0218. The van der Waals surface area contributed by atoms with E-state index in [2.05, 4.69) is 44.8 Å². The Hall–Kier alpha value is -3.03. The Labute approximate surface area is 173 Å². The van der Waals surface area contributed by atoms with Gasteiger partial charge in [0.2, 0.25) is 5.91 Å². The number of aromatic nitrogens is 2. The number of nitrogens with zero attached hydrogens (tertiary/aromatic N) is 5. The second kappa shape index (κ2) is 12.4. The molecule has 8 nitrogen and oxygen atoms in total.